The Morgan fingerprint density at radius 2 is 2.12 bits per heavy atom. The number of hydrogen-bond acceptors (Lipinski definition) is 6. The van der Waals surface area contributed by atoms with E-state index in [0.717, 1.165) is 5.56 Å². The van der Waals surface area contributed by atoms with Gasteiger partial charge in [-0.05, 0) is 30.4 Å². The number of carboxylic acid groups (broad SMARTS) is 1. The number of likely N-dealkylation sites (tertiary alicyclic amines) is 1. The molecule has 2 aliphatic rings. The predicted molar refractivity (Wildman–Crippen MR) is 85.2 cm³/mol. The lowest BCUT2D eigenvalue weighted by atomic mass is 10.2. The van der Waals surface area contributed by atoms with Crippen LogP contribution in [0.25, 0.3) is 11.4 Å². The van der Waals surface area contributed by atoms with Crippen LogP contribution in [0.2, 0.25) is 0 Å². The standard InChI is InChI=1S/C17H18N4O4/c22-14(21-8-11-12(9-21)15(11)17(23)24)5-1-4-13-19-16(20-25-13)10-3-2-6-18-7-10/h2-3,6-7,11-12,15H,1,4-5,8-9H2,(H,23,24)/t11-,12+,15?. The third-order valence-corrected chi connectivity index (χ3v) is 5.00. The van der Waals surface area contributed by atoms with Crippen LogP contribution >= 0.6 is 0 Å². The number of nitrogens with zero attached hydrogens (tertiary/aromatic N) is 4. The molecule has 2 aromatic heterocycles. The Balaban J connectivity index is 1.23. The first-order valence-electron chi connectivity index (χ1n) is 8.37. The quantitative estimate of drug-likeness (QED) is 0.841. The molecule has 25 heavy (non-hydrogen) atoms. The van der Waals surface area contributed by atoms with Crippen LogP contribution in [0.15, 0.2) is 29.0 Å². The average molecular weight is 342 g/mol. The Morgan fingerprint density at radius 3 is 2.80 bits per heavy atom. The van der Waals surface area contributed by atoms with Crippen LogP contribution in [-0.4, -0.2) is 50.1 Å². The van der Waals surface area contributed by atoms with Crippen LogP contribution in [0.5, 0.6) is 0 Å². The molecule has 0 aromatic carbocycles. The fraction of sp³-hybridized carbons (Fsp3) is 0.471. The number of fused-ring (bicyclic) bond motifs is 1. The van der Waals surface area contributed by atoms with Crippen LogP contribution in [0.3, 0.4) is 0 Å². The molecule has 1 saturated heterocycles. The van der Waals surface area contributed by atoms with Gasteiger partial charge in [-0.25, -0.2) is 0 Å². The molecule has 8 nitrogen and oxygen atoms in total. The fourth-order valence-electron chi connectivity index (χ4n) is 3.61. The highest BCUT2D eigenvalue weighted by molar-refractivity contribution is 5.79. The second-order valence-electron chi connectivity index (χ2n) is 6.60. The van der Waals surface area contributed by atoms with E-state index in [1.165, 1.54) is 0 Å². The van der Waals surface area contributed by atoms with E-state index >= 15 is 0 Å². The first kappa shape index (κ1) is 15.7. The maximum Gasteiger partial charge on any atom is 0.307 e. The molecule has 1 unspecified atom stereocenters. The number of aromatic nitrogens is 3. The van der Waals surface area contributed by atoms with Crippen molar-refractivity contribution in [1.29, 1.82) is 0 Å². The van der Waals surface area contributed by atoms with E-state index in [2.05, 4.69) is 15.1 Å². The van der Waals surface area contributed by atoms with Crippen molar-refractivity contribution in [3.05, 3.63) is 30.4 Å². The zero-order chi connectivity index (χ0) is 17.4. The zero-order valence-corrected chi connectivity index (χ0v) is 13.5. The number of carbonyl (C=O) groups is 2. The normalized spacial score (nSPS) is 24.2. The molecule has 4 rings (SSSR count). The fourth-order valence-corrected chi connectivity index (χ4v) is 3.61. The Hall–Kier alpha value is -2.77. The zero-order valence-electron chi connectivity index (χ0n) is 13.5. The first-order chi connectivity index (χ1) is 12.1. The molecule has 2 aromatic rings. The number of carboxylic acids is 1. The molecular formula is C17H18N4O4. The van der Waals surface area contributed by atoms with Gasteiger partial charge in [0.2, 0.25) is 17.6 Å². The van der Waals surface area contributed by atoms with Crippen molar-refractivity contribution in [2.45, 2.75) is 19.3 Å². The Bertz CT molecular complexity index is 779. The number of piperidine rings is 1. The van der Waals surface area contributed by atoms with Gasteiger partial charge in [0.25, 0.3) is 0 Å². The molecule has 0 radical (unpaired) electrons. The minimum atomic E-state index is -0.733. The lowest BCUT2D eigenvalue weighted by Gasteiger charge is -2.18. The summed E-state index contributed by atoms with van der Waals surface area (Å²) in [5.74, 6) is 0.397. The van der Waals surface area contributed by atoms with E-state index in [9.17, 15) is 9.59 Å². The molecule has 0 spiro atoms. The second kappa shape index (κ2) is 6.27. The van der Waals surface area contributed by atoms with Crippen LogP contribution in [-0.2, 0) is 16.0 Å². The maximum atomic E-state index is 12.2. The number of hydrogen-bond donors (Lipinski definition) is 1. The van der Waals surface area contributed by atoms with Crippen molar-refractivity contribution >= 4 is 11.9 Å². The molecule has 8 heteroatoms. The van der Waals surface area contributed by atoms with Crippen molar-refractivity contribution < 1.29 is 19.2 Å². The van der Waals surface area contributed by atoms with Gasteiger partial charge in [0.1, 0.15) is 0 Å². The van der Waals surface area contributed by atoms with Gasteiger partial charge in [-0.2, -0.15) is 4.98 Å². The number of pyridine rings is 1. The van der Waals surface area contributed by atoms with Crippen molar-refractivity contribution in [3.8, 4) is 11.4 Å². The number of carbonyl (C=O) groups excluding carboxylic acids is 1. The third kappa shape index (κ3) is 3.11. The summed E-state index contributed by atoms with van der Waals surface area (Å²) in [5, 5.41) is 12.9. The van der Waals surface area contributed by atoms with Crippen LogP contribution < -0.4 is 0 Å². The summed E-state index contributed by atoms with van der Waals surface area (Å²) in [6, 6.07) is 3.66. The lowest BCUT2D eigenvalue weighted by Crippen LogP contribution is -2.32. The summed E-state index contributed by atoms with van der Waals surface area (Å²) in [5.41, 5.74) is 0.790. The molecule has 3 atom stereocenters. The minimum Gasteiger partial charge on any atom is -0.481 e. The van der Waals surface area contributed by atoms with Gasteiger partial charge in [0, 0.05) is 43.9 Å². The van der Waals surface area contributed by atoms with Gasteiger partial charge in [0.05, 0.1) is 5.92 Å². The van der Waals surface area contributed by atoms with Gasteiger partial charge in [-0.15, -0.1) is 0 Å². The third-order valence-electron chi connectivity index (χ3n) is 5.00. The molecule has 3 heterocycles. The smallest absolute Gasteiger partial charge is 0.307 e. The van der Waals surface area contributed by atoms with Crippen LogP contribution in [0.1, 0.15) is 18.7 Å². The van der Waals surface area contributed by atoms with Gasteiger partial charge in [0.15, 0.2) is 0 Å². The van der Waals surface area contributed by atoms with E-state index in [1.54, 1.807) is 23.4 Å². The molecule has 1 N–H and O–H groups in total. The Morgan fingerprint density at radius 1 is 1.32 bits per heavy atom. The summed E-state index contributed by atoms with van der Waals surface area (Å²) in [4.78, 5) is 33.3. The van der Waals surface area contributed by atoms with Gasteiger partial charge in [-0.1, -0.05) is 5.16 Å². The predicted octanol–water partition coefficient (Wildman–Crippen LogP) is 1.24. The Labute approximate surface area is 143 Å². The number of aliphatic carboxylic acids is 1. The average Bonchev–Trinajstić information content (AvgIpc) is 2.98. The van der Waals surface area contributed by atoms with Gasteiger partial charge >= 0.3 is 5.97 Å². The Kier molecular flexibility index (Phi) is 3.95. The van der Waals surface area contributed by atoms with Crippen molar-refractivity contribution in [2.75, 3.05) is 13.1 Å². The SMILES string of the molecule is O=C(O)C1[C@H]2CN(C(=O)CCCc3nc(-c4cccnc4)no3)C[C@@H]12. The van der Waals surface area contributed by atoms with E-state index < -0.39 is 5.97 Å². The molecule has 0 bridgehead atoms. The summed E-state index contributed by atoms with van der Waals surface area (Å²) >= 11 is 0. The minimum absolute atomic E-state index is 0.0725. The van der Waals surface area contributed by atoms with E-state index in [1.807, 2.05) is 6.07 Å². The molecular weight excluding hydrogens is 324 g/mol. The van der Waals surface area contributed by atoms with Crippen molar-refractivity contribution in [1.82, 2.24) is 20.0 Å². The molecule has 1 saturated carbocycles. The summed E-state index contributed by atoms with van der Waals surface area (Å²) < 4.78 is 5.21. The van der Waals surface area contributed by atoms with Crippen LogP contribution in [0, 0.1) is 17.8 Å². The van der Waals surface area contributed by atoms with Gasteiger partial charge < -0.3 is 14.5 Å². The van der Waals surface area contributed by atoms with E-state index in [4.69, 9.17) is 9.63 Å². The summed E-state index contributed by atoms with van der Waals surface area (Å²) in [7, 11) is 0. The topological polar surface area (TPSA) is 109 Å². The largest absolute Gasteiger partial charge is 0.481 e. The molecule has 1 aliphatic heterocycles. The van der Waals surface area contributed by atoms with Gasteiger partial charge in [-0.3, -0.25) is 14.6 Å². The summed E-state index contributed by atoms with van der Waals surface area (Å²) in [6.45, 7) is 1.15. The highest BCUT2D eigenvalue weighted by Crippen LogP contribution is 2.51. The molecule has 130 valence electrons. The van der Waals surface area contributed by atoms with Crippen molar-refractivity contribution in [3.63, 3.8) is 0 Å². The molecule has 1 aliphatic carbocycles. The van der Waals surface area contributed by atoms with E-state index in [0.29, 0.717) is 44.1 Å². The second-order valence-corrected chi connectivity index (χ2v) is 6.60. The monoisotopic (exact) mass is 342 g/mol. The molecule has 2 fully saturated rings. The molecule has 1 amide bonds. The highest BCUT2D eigenvalue weighted by Gasteiger charge is 2.60. The number of aryl methyl sites for hydroxylation is 1. The van der Waals surface area contributed by atoms with Crippen molar-refractivity contribution in [2.24, 2.45) is 17.8 Å². The number of rotatable bonds is 6. The first-order valence-corrected chi connectivity index (χ1v) is 8.37. The number of amides is 1. The summed E-state index contributed by atoms with van der Waals surface area (Å²) in [6.07, 6.45) is 4.92. The lowest BCUT2D eigenvalue weighted by molar-refractivity contribution is -0.141. The van der Waals surface area contributed by atoms with Crippen LogP contribution in [0.4, 0.5) is 0 Å². The maximum absolute atomic E-state index is 12.2. The highest BCUT2D eigenvalue weighted by atomic mass is 16.5. The van der Waals surface area contributed by atoms with E-state index in [-0.39, 0.29) is 23.7 Å².